The third-order valence-electron chi connectivity index (χ3n) is 3.12. The monoisotopic (exact) mass is 200 g/mol. The molecule has 0 aromatic heterocycles. The highest BCUT2D eigenvalue weighted by molar-refractivity contribution is 7.80. The van der Waals surface area contributed by atoms with E-state index in [1.54, 1.807) is 0 Å². The molecule has 2 N–H and O–H groups in total. The highest BCUT2D eigenvalue weighted by atomic mass is 32.1. The molecule has 13 heavy (non-hydrogen) atoms. The largest absolute Gasteiger partial charge is 0.363 e. The number of thiocarbonyl (C=S) groups is 1. The van der Waals surface area contributed by atoms with Gasteiger partial charge < -0.3 is 10.6 Å². The Labute approximate surface area is 86.5 Å². The molecule has 0 saturated heterocycles. The number of hydrogen-bond acceptors (Lipinski definition) is 1. The molecule has 0 radical (unpaired) electrons. The quantitative estimate of drug-likeness (QED) is 0.666. The molecule has 2 nitrogen and oxygen atoms in total. The summed E-state index contributed by atoms with van der Waals surface area (Å²) in [6.45, 7) is 7.60. The van der Waals surface area contributed by atoms with Gasteiger partial charge in [-0.1, -0.05) is 13.8 Å². The van der Waals surface area contributed by atoms with Crippen LogP contribution in [0.25, 0.3) is 0 Å². The lowest BCUT2D eigenvalue weighted by Crippen LogP contribution is -2.43. The molecule has 0 bridgehead atoms. The van der Waals surface area contributed by atoms with E-state index in [-0.39, 0.29) is 0 Å². The van der Waals surface area contributed by atoms with Crippen molar-refractivity contribution in [1.82, 2.24) is 10.6 Å². The van der Waals surface area contributed by atoms with Crippen LogP contribution in [-0.2, 0) is 0 Å². The van der Waals surface area contributed by atoms with E-state index in [1.807, 2.05) is 0 Å². The summed E-state index contributed by atoms with van der Waals surface area (Å²) in [7, 11) is 0. The molecule has 1 rings (SSSR count). The zero-order valence-corrected chi connectivity index (χ0v) is 9.58. The van der Waals surface area contributed by atoms with Crippen LogP contribution in [0.15, 0.2) is 0 Å². The predicted molar refractivity (Wildman–Crippen MR) is 60.8 cm³/mol. The Bertz CT molecular complexity index is 182. The van der Waals surface area contributed by atoms with Gasteiger partial charge in [-0.05, 0) is 43.8 Å². The van der Waals surface area contributed by atoms with Gasteiger partial charge in [0.05, 0.1) is 0 Å². The molecule has 0 heterocycles. The summed E-state index contributed by atoms with van der Waals surface area (Å²) in [5.74, 6) is 1.58. The smallest absolute Gasteiger partial charge is 0.166 e. The van der Waals surface area contributed by atoms with Crippen molar-refractivity contribution in [1.29, 1.82) is 0 Å². The van der Waals surface area contributed by atoms with Crippen LogP contribution in [0, 0.1) is 11.8 Å². The second kappa shape index (κ2) is 4.80. The maximum Gasteiger partial charge on any atom is 0.166 e. The van der Waals surface area contributed by atoms with Crippen LogP contribution in [0.5, 0.6) is 0 Å². The van der Waals surface area contributed by atoms with E-state index in [2.05, 4.69) is 31.4 Å². The summed E-state index contributed by atoms with van der Waals surface area (Å²) >= 11 is 5.16. The summed E-state index contributed by atoms with van der Waals surface area (Å²) in [4.78, 5) is 0. The highest BCUT2D eigenvalue weighted by Crippen LogP contribution is 2.30. The maximum absolute atomic E-state index is 5.16. The molecule has 3 heteroatoms. The van der Waals surface area contributed by atoms with E-state index in [4.69, 9.17) is 12.2 Å². The van der Waals surface area contributed by atoms with E-state index in [9.17, 15) is 0 Å². The average Bonchev–Trinajstić information content (AvgIpc) is 2.37. The van der Waals surface area contributed by atoms with Gasteiger partial charge in [0.1, 0.15) is 0 Å². The molecule has 3 unspecified atom stereocenters. The molecule has 1 fully saturated rings. The fourth-order valence-electron chi connectivity index (χ4n) is 1.95. The van der Waals surface area contributed by atoms with E-state index in [0.29, 0.717) is 6.04 Å². The third-order valence-corrected chi connectivity index (χ3v) is 3.38. The Morgan fingerprint density at radius 1 is 1.38 bits per heavy atom. The van der Waals surface area contributed by atoms with Crippen LogP contribution < -0.4 is 10.6 Å². The van der Waals surface area contributed by atoms with Crippen LogP contribution >= 0.6 is 12.2 Å². The summed E-state index contributed by atoms with van der Waals surface area (Å²) in [5.41, 5.74) is 0. The zero-order chi connectivity index (χ0) is 9.84. The second-order valence-electron chi connectivity index (χ2n) is 4.02. The lowest BCUT2D eigenvalue weighted by molar-refractivity contribution is 0.402. The Balaban J connectivity index is 2.33. The Hall–Kier alpha value is -0.310. The van der Waals surface area contributed by atoms with Crippen molar-refractivity contribution in [3.05, 3.63) is 0 Å². The second-order valence-corrected chi connectivity index (χ2v) is 4.43. The van der Waals surface area contributed by atoms with Crippen molar-refractivity contribution >= 4 is 17.3 Å². The SMILES string of the molecule is CCNC(=S)NC1CCC(C)C1C. The van der Waals surface area contributed by atoms with Gasteiger partial charge in [-0.25, -0.2) is 0 Å². The lowest BCUT2D eigenvalue weighted by Gasteiger charge is -2.21. The van der Waals surface area contributed by atoms with Crippen LogP contribution in [-0.4, -0.2) is 17.7 Å². The van der Waals surface area contributed by atoms with Gasteiger partial charge in [-0.2, -0.15) is 0 Å². The van der Waals surface area contributed by atoms with Crippen LogP contribution in [0.3, 0.4) is 0 Å². The van der Waals surface area contributed by atoms with Gasteiger partial charge in [-0.15, -0.1) is 0 Å². The van der Waals surface area contributed by atoms with Crippen molar-refractivity contribution in [2.75, 3.05) is 6.54 Å². The van der Waals surface area contributed by atoms with Crippen molar-refractivity contribution in [3.63, 3.8) is 0 Å². The molecule has 0 aliphatic heterocycles. The third kappa shape index (κ3) is 2.83. The molecule has 0 spiro atoms. The van der Waals surface area contributed by atoms with Gasteiger partial charge in [0.25, 0.3) is 0 Å². The standard InChI is InChI=1S/C10H20N2S/c1-4-11-10(13)12-9-6-5-7(2)8(9)3/h7-9H,4-6H2,1-3H3,(H2,11,12,13). The molecule has 1 aliphatic carbocycles. The van der Waals surface area contributed by atoms with E-state index in [0.717, 1.165) is 23.5 Å². The fourth-order valence-corrected chi connectivity index (χ4v) is 2.24. The molecule has 0 aromatic rings. The van der Waals surface area contributed by atoms with E-state index >= 15 is 0 Å². The number of hydrogen-bond donors (Lipinski definition) is 2. The van der Waals surface area contributed by atoms with Crippen molar-refractivity contribution < 1.29 is 0 Å². The summed E-state index contributed by atoms with van der Waals surface area (Å²) in [6, 6.07) is 0.585. The molecule has 76 valence electrons. The molecule has 3 atom stereocenters. The van der Waals surface area contributed by atoms with Crippen LogP contribution in [0.4, 0.5) is 0 Å². The Morgan fingerprint density at radius 3 is 2.54 bits per heavy atom. The summed E-state index contributed by atoms with van der Waals surface area (Å²) in [5, 5.41) is 7.32. The molecular formula is C10H20N2S. The first-order valence-corrected chi connectivity index (χ1v) is 5.60. The topological polar surface area (TPSA) is 24.1 Å². The van der Waals surface area contributed by atoms with Crippen LogP contribution in [0.2, 0.25) is 0 Å². The first-order chi connectivity index (χ1) is 6.15. The molecule has 1 saturated carbocycles. The summed E-state index contributed by atoms with van der Waals surface area (Å²) < 4.78 is 0. The van der Waals surface area contributed by atoms with Gasteiger partial charge in [0, 0.05) is 12.6 Å². The minimum atomic E-state index is 0.585. The number of rotatable bonds is 2. The first kappa shape index (κ1) is 10.8. The van der Waals surface area contributed by atoms with Gasteiger partial charge in [0.15, 0.2) is 5.11 Å². The minimum Gasteiger partial charge on any atom is -0.363 e. The normalized spacial score (nSPS) is 33.0. The predicted octanol–water partition coefficient (Wildman–Crippen LogP) is 1.91. The molecule has 0 aromatic carbocycles. The van der Waals surface area contributed by atoms with Gasteiger partial charge >= 0.3 is 0 Å². The van der Waals surface area contributed by atoms with Gasteiger partial charge in [-0.3, -0.25) is 0 Å². The van der Waals surface area contributed by atoms with Crippen LogP contribution in [0.1, 0.15) is 33.6 Å². The van der Waals surface area contributed by atoms with E-state index in [1.165, 1.54) is 12.8 Å². The molecule has 1 aliphatic rings. The number of nitrogens with one attached hydrogen (secondary N) is 2. The summed E-state index contributed by atoms with van der Waals surface area (Å²) in [6.07, 6.45) is 2.58. The highest BCUT2D eigenvalue weighted by Gasteiger charge is 2.29. The Morgan fingerprint density at radius 2 is 2.08 bits per heavy atom. The van der Waals surface area contributed by atoms with Crippen molar-refractivity contribution in [2.24, 2.45) is 11.8 Å². The average molecular weight is 200 g/mol. The zero-order valence-electron chi connectivity index (χ0n) is 8.76. The molecule has 0 amide bonds. The Kier molecular flexibility index (Phi) is 3.97. The fraction of sp³-hybridized carbons (Fsp3) is 0.900. The van der Waals surface area contributed by atoms with Crippen molar-refractivity contribution in [3.8, 4) is 0 Å². The van der Waals surface area contributed by atoms with E-state index < -0.39 is 0 Å². The maximum atomic E-state index is 5.16. The first-order valence-electron chi connectivity index (χ1n) is 5.19. The van der Waals surface area contributed by atoms with Crippen molar-refractivity contribution in [2.45, 2.75) is 39.7 Å². The minimum absolute atomic E-state index is 0.585. The molecular weight excluding hydrogens is 180 g/mol. The van der Waals surface area contributed by atoms with Gasteiger partial charge in [0.2, 0.25) is 0 Å². The lowest BCUT2D eigenvalue weighted by atomic mass is 9.98.